The molecule has 25 heavy (non-hydrogen) atoms. The number of benzene rings is 2. The standard InChI is InChI=1S/C21H29N3O/c1-5-24(6-2)18-13-11-17(12-14-18)22-15-21(25)23-20-10-8-7-9-19(20)16(3)4/h7-14,16,22H,5-6,15H2,1-4H3,(H,23,25). The molecular weight excluding hydrogens is 310 g/mol. The number of amides is 1. The van der Waals surface area contributed by atoms with Gasteiger partial charge in [0.2, 0.25) is 5.91 Å². The Kier molecular flexibility index (Phi) is 6.87. The predicted octanol–water partition coefficient (Wildman–Crippen LogP) is 4.71. The van der Waals surface area contributed by atoms with Crippen LogP contribution in [0.4, 0.5) is 17.1 Å². The minimum absolute atomic E-state index is 0.0408. The van der Waals surface area contributed by atoms with E-state index in [-0.39, 0.29) is 12.5 Å². The maximum absolute atomic E-state index is 12.2. The van der Waals surface area contributed by atoms with Crippen LogP contribution in [0.25, 0.3) is 0 Å². The molecule has 0 aliphatic heterocycles. The van der Waals surface area contributed by atoms with E-state index in [2.05, 4.69) is 61.4 Å². The van der Waals surface area contributed by atoms with Crippen LogP contribution in [0.5, 0.6) is 0 Å². The van der Waals surface area contributed by atoms with Crippen molar-refractivity contribution in [3.63, 3.8) is 0 Å². The number of nitrogens with zero attached hydrogens (tertiary/aromatic N) is 1. The number of rotatable bonds is 8. The highest BCUT2D eigenvalue weighted by Gasteiger charge is 2.09. The van der Waals surface area contributed by atoms with Gasteiger partial charge in [0, 0.05) is 30.2 Å². The van der Waals surface area contributed by atoms with E-state index >= 15 is 0 Å². The molecule has 0 aromatic heterocycles. The molecular formula is C21H29N3O. The summed E-state index contributed by atoms with van der Waals surface area (Å²) in [6.45, 7) is 10.8. The van der Waals surface area contributed by atoms with Crippen molar-refractivity contribution in [1.82, 2.24) is 0 Å². The summed E-state index contributed by atoms with van der Waals surface area (Å²) in [6, 6.07) is 16.2. The SMILES string of the molecule is CCN(CC)c1ccc(NCC(=O)Nc2ccccc2C(C)C)cc1. The van der Waals surface area contributed by atoms with Crippen molar-refractivity contribution >= 4 is 23.0 Å². The molecule has 0 spiro atoms. The minimum atomic E-state index is -0.0408. The quantitative estimate of drug-likeness (QED) is 0.732. The second-order valence-corrected chi connectivity index (χ2v) is 6.36. The molecule has 0 atom stereocenters. The molecule has 4 heteroatoms. The third kappa shape index (κ3) is 5.24. The zero-order chi connectivity index (χ0) is 18.2. The molecule has 0 saturated heterocycles. The van der Waals surface area contributed by atoms with Crippen molar-refractivity contribution in [1.29, 1.82) is 0 Å². The second kappa shape index (κ2) is 9.11. The van der Waals surface area contributed by atoms with Gasteiger partial charge in [-0.25, -0.2) is 0 Å². The predicted molar refractivity (Wildman–Crippen MR) is 108 cm³/mol. The van der Waals surface area contributed by atoms with Crippen LogP contribution in [-0.4, -0.2) is 25.5 Å². The Morgan fingerprint density at radius 3 is 2.24 bits per heavy atom. The summed E-state index contributed by atoms with van der Waals surface area (Å²) < 4.78 is 0. The van der Waals surface area contributed by atoms with Crippen LogP contribution in [0.3, 0.4) is 0 Å². The maximum Gasteiger partial charge on any atom is 0.243 e. The molecule has 0 heterocycles. The smallest absolute Gasteiger partial charge is 0.243 e. The lowest BCUT2D eigenvalue weighted by atomic mass is 10.0. The fourth-order valence-corrected chi connectivity index (χ4v) is 2.87. The topological polar surface area (TPSA) is 44.4 Å². The van der Waals surface area contributed by atoms with E-state index in [0.717, 1.165) is 30.0 Å². The van der Waals surface area contributed by atoms with Crippen LogP contribution < -0.4 is 15.5 Å². The van der Waals surface area contributed by atoms with Crippen LogP contribution in [0.15, 0.2) is 48.5 Å². The number of hydrogen-bond acceptors (Lipinski definition) is 3. The Bertz CT molecular complexity index is 676. The molecule has 0 saturated carbocycles. The van der Waals surface area contributed by atoms with E-state index in [1.54, 1.807) is 0 Å². The Balaban J connectivity index is 1.92. The summed E-state index contributed by atoms with van der Waals surface area (Å²) in [5.41, 5.74) is 4.19. The van der Waals surface area contributed by atoms with Gasteiger partial charge < -0.3 is 15.5 Å². The Hall–Kier alpha value is -2.49. The lowest BCUT2D eigenvalue weighted by Gasteiger charge is -2.21. The van der Waals surface area contributed by atoms with Gasteiger partial charge in [0.05, 0.1) is 6.54 Å². The summed E-state index contributed by atoms with van der Waals surface area (Å²) in [5, 5.41) is 6.19. The molecule has 134 valence electrons. The number of anilines is 3. The van der Waals surface area contributed by atoms with E-state index in [1.165, 1.54) is 5.69 Å². The van der Waals surface area contributed by atoms with Crippen LogP contribution in [0, 0.1) is 0 Å². The van der Waals surface area contributed by atoms with Gasteiger partial charge in [-0.15, -0.1) is 0 Å². The van der Waals surface area contributed by atoms with E-state index in [0.29, 0.717) is 5.92 Å². The second-order valence-electron chi connectivity index (χ2n) is 6.36. The normalized spacial score (nSPS) is 10.6. The molecule has 0 aliphatic carbocycles. The molecule has 0 radical (unpaired) electrons. The summed E-state index contributed by atoms with van der Waals surface area (Å²) in [4.78, 5) is 14.5. The molecule has 2 aromatic carbocycles. The molecule has 1 amide bonds. The first kappa shape index (κ1) is 18.8. The molecule has 2 N–H and O–H groups in total. The van der Waals surface area contributed by atoms with E-state index in [1.807, 2.05) is 30.3 Å². The van der Waals surface area contributed by atoms with Crippen LogP contribution in [-0.2, 0) is 4.79 Å². The Morgan fingerprint density at radius 1 is 1.00 bits per heavy atom. The van der Waals surface area contributed by atoms with Gasteiger partial charge in [-0.1, -0.05) is 32.0 Å². The summed E-state index contributed by atoms with van der Waals surface area (Å²) in [6.07, 6.45) is 0. The molecule has 0 fully saturated rings. The summed E-state index contributed by atoms with van der Waals surface area (Å²) >= 11 is 0. The average molecular weight is 339 g/mol. The molecule has 0 aliphatic rings. The van der Waals surface area contributed by atoms with Gasteiger partial charge in [-0.05, 0) is 55.7 Å². The van der Waals surface area contributed by atoms with Crippen LogP contribution in [0.1, 0.15) is 39.2 Å². The lowest BCUT2D eigenvalue weighted by Crippen LogP contribution is -2.23. The first-order chi connectivity index (χ1) is 12.0. The fourth-order valence-electron chi connectivity index (χ4n) is 2.87. The van der Waals surface area contributed by atoms with Gasteiger partial charge in [0.1, 0.15) is 0 Å². The van der Waals surface area contributed by atoms with Crippen molar-refractivity contribution in [2.24, 2.45) is 0 Å². The molecule has 0 unspecified atom stereocenters. The van der Waals surface area contributed by atoms with E-state index < -0.39 is 0 Å². The Morgan fingerprint density at radius 2 is 1.64 bits per heavy atom. The third-order valence-electron chi connectivity index (χ3n) is 4.31. The fraction of sp³-hybridized carbons (Fsp3) is 0.381. The monoisotopic (exact) mass is 339 g/mol. The first-order valence-electron chi connectivity index (χ1n) is 9.02. The third-order valence-corrected chi connectivity index (χ3v) is 4.31. The highest BCUT2D eigenvalue weighted by molar-refractivity contribution is 5.94. The summed E-state index contributed by atoms with van der Waals surface area (Å²) in [5.74, 6) is 0.331. The van der Waals surface area contributed by atoms with Gasteiger partial charge in [-0.2, -0.15) is 0 Å². The zero-order valence-electron chi connectivity index (χ0n) is 15.7. The number of para-hydroxylation sites is 1. The molecule has 2 aromatic rings. The van der Waals surface area contributed by atoms with Crippen LogP contribution in [0.2, 0.25) is 0 Å². The first-order valence-corrected chi connectivity index (χ1v) is 9.02. The van der Waals surface area contributed by atoms with Crippen LogP contribution >= 0.6 is 0 Å². The van der Waals surface area contributed by atoms with E-state index in [4.69, 9.17) is 0 Å². The molecule has 0 bridgehead atoms. The van der Waals surface area contributed by atoms with E-state index in [9.17, 15) is 4.79 Å². The number of nitrogens with one attached hydrogen (secondary N) is 2. The minimum Gasteiger partial charge on any atom is -0.376 e. The van der Waals surface area contributed by atoms with Gasteiger partial charge in [0.25, 0.3) is 0 Å². The zero-order valence-corrected chi connectivity index (χ0v) is 15.7. The van der Waals surface area contributed by atoms with Gasteiger partial charge >= 0.3 is 0 Å². The lowest BCUT2D eigenvalue weighted by molar-refractivity contribution is -0.114. The van der Waals surface area contributed by atoms with Crippen molar-refractivity contribution in [3.05, 3.63) is 54.1 Å². The number of hydrogen-bond donors (Lipinski definition) is 2. The number of carbonyl (C=O) groups excluding carboxylic acids is 1. The summed E-state index contributed by atoms with van der Waals surface area (Å²) in [7, 11) is 0. The van der Waals surface area contributed by atoms with Crippen molar-refractivity contribution < 1.29 is 4.79 Å². The highest BCUT2D eigenvalue weighted by Crippen LogP contribution is 2.23. The van der Waals surface area contributed by atoms with Crippen molar-refractivity contribution in [3.8, 4) is 0 Å². The van der Waals surface area contributed by atoms with Gasteiger partial charge in [-0.3, -0.25) is 4.79 Å². The Labute approximate surface area is 151 Å². The average Bonchev–Trinajstić information content (AvgIpc) is 2.62. The molecule has 4 nitrogen and oxygen atoms in total. The maximum atomic E-state index is 12.2. The molecule has 2 rings (SSSR count). The van der Waals surface area contributed by atoms with Gasteiger partial charge in [0.15, 0.2) is 0 Å². The highest BCUT2D eigenvalue weighted by atomic mass is 16.1. The largest absolute Gasteiger partial charge is 0.376 e. The van der Waals surface area contributed by atoms with Crippen molar-refractivity contribution in [2.75, 3.05) is 35.2 Å². The number of carbonyl (C=O) groups is 1. The van der Waals surface area contributed by atoms with Crippen molar-refractivity contribution in [2.45, 2.75) is 33.6 Å².